The second kappa shape index (κ2) is 4.53. The Hall–Kier alpha value is -1.91. The largest absolute Gasteiger partial charge is 0.495 e. The molecule has 1 amide bonds. The van der Waals surface area contributed by atoms with E-state index >= 15 is 0 Å². The number of anilines is 2. The van der Waals surface area contributed by atoms with E-state index in [1.165, 1.54) is 0 Å². The summed E-state index contributed by atoms with van der Waals surface area (Å²) >= 11 is 0. The number of amides is 1. The molecule has 1 heterocycles. The number of benzene rings is 1. The molecule has 1 atom stereocenters. The number of para-hydroxylation sites is 1. The lowest BCUT2D eigenvalue weighted by atomic mass is 10.2. The topological polar surface area (TPSA) is 67.6 Å². The van der Waals surface area contributed by atoms with Crippen LogP contribution in [0.2, 0.25) is 0 Å². The maximum Gasteiger partial charge on any atom is 0.244 e. The van der Waals surface area contributed by atoms with Gasteiger partial charge in [0, 0.05) is 13.6 Å². The van der Waals surface area contributed by atoms with Crippen molar-refractivity contribution < 1.29 is 9.53 Å². The summed E-state index contributed by atoms with van der Waals surface area (Å²) in [6.45, 7) is 0.778. The van der Waals surface area contributed by atoms with Gasteiger partial charge in [-0.15, -0.1) is 0 Å². The smallest absolute Gasteiger partial charge is 0.244 e. The zero-order chi connectivity index (χ0) is 12.4. The molecule has 3 N–H and O–H groups in total. The number of ether oxygens (including phenoxy) is 1. The van der Waals surface area contributed by atoms with Crippen molar-refractivity contribution in [3.63, 3.8) is 0 Å². The maximum absolute atomic E-state index is 11.8. The van der Waals surface area contributed by atoms with Crippen LogP contribution in [0.25, 0.3) is 0 Å². The van der Waals surface area contributed by atoms with Crippen molar-refractivity contribution >= 4 is 17.3 Å². The average molecular weight is 235 g/mol. The third-order valence-corrected chi connectivity index (χ3v) is 3.04. The molecule has 0 bridgehead atoms. The number of likely N-dealkylation sites (tertiary alicyclic amines) is 1. The van der Waals surface area contributed by atoms with E-state index in [2.05, 4.69) is 5.32 Å². The quantitative estimate of drug-likeness (QED) is 0.764. The molecule has 1 unspecified atom stereocenters. The average Bonchev–Trinajstić information content (AvgIpc) is 2.64. The Morgan fingerprint density at radius 1 is 1.53 bits per heavy atom. The second-order valence-corrected chi connectivity index (χ2v) is 4.17. The molecule has 2 rings (SSSR count). The number of likely N-dealkylation sites (N-methyl/N-ethyl adjacent to an activating group) is 1. The Labute approximate surface area is 101 Å². The molecule has 17 heavy (non-hydrogen) atoms. The predicted molar refractivity (Wildman–Crippen MR) is 67.1 cm³/mol. The van der Waals surface area contributed by atoms with Gasteiger partial charge >= 0.3 is 0 Å². The van der Waals surface area contributed by atoms with Crippen LogP contribution >= 0.6 is 0 Å². The second-order valence-electron chi connectivity index (χ2n) is 4.17. The molecule has 92 valence electrons. The van der Waals surface area contributed by atoms with E-state index in [0.29, 0.717) is 11.4 Å². The maximum atomic E-state index is 11.8. The number of nitrogens with one attached hydrogen (secondary N) is 1. The lowest BCUT2D eigenvalue weighted by Gasteiger charge is -2.16. The molecule has 1 aromatic carbocycles. The highest BCUT2D eigenvalue weighted by atomic mass is 16.5. The Morgan fingerprint density at radius 3 is 2.88 bits per heavy atom. The molecule has 0 aliphatic carbocycles. The van der Waals surface area contributed by atoms with Gasteiger partial charge in [0.15, 0.2) is 0 Å². The molecule has 1 saturated heterocycles. The van der Waals surface area contributed by atoms with Crippen molar-refractivity contribution in [3.8, 4) is 5.75 Å². The predicted octanol–water partition coefficient (Wildman–Crippen LogP) is 0.920. The number of nitrogen functional groups attached to an aromatic ring is 1. The summed E-state index contributed by atoms with van der Waals surface area (Å²) in [5, 5.41) is 3.17. The van der Waals surface area contributed by atoms with Crippen LogP contribution in [0.1, 0.15) is 6.42 Å². The van der Waals surface area contributed by atoms with E-state index in [4.69, 9.17) is 10.5 Å². The fraction of sp³-hybridized carbons (Fsp3) is 0.417. The van der Waals surface area contributed by atoms with Gasteiger partial charge in [-0.1, -0.05) is 6.07 Å². The molecular formula is C12H17N3O2. The third kappa shape index (κ3) is 2.13. The van der Waals surface area contributed by atoms with Crippen molar-refractivity contribution in [1.82, 2.24) is 4.90 Å². The van der Waals surface area contributed by atoms with Crippen molar-refractivity contribution in [1.29, 1.82) is 0 Å². The van der Waals surface area contributed by atoms with Crippen LogP contribution < -0.4 is 15.8 Å². The fourth-order valence-electron chi connectivity index (χ4n) is 1.99. The van der Waals surface area contributed by atoms with Gasteiger partial charge < -0.3 is 20.7 Å². The molecule has 5 heteroatoms. The van der Waals surface area contributed by atoms with E-state index in [1.807, 2.05) is 12.1 Å². The SMILES string of the molecule is COc1cccc(NC2CCN(C)C2=O)c1N. The van der Waals surface area contributed by atoms with Gasteiger partial charge in [0.05, 0.1) is 18.5 Å². The van der Waals surface area contributed by atoms with E-state index in [0.717, 1.165) is 18.7 Å². The van der Waals surface area contributed by atoms with Gasteiger partial charge in [0.1, 0.15) is 11.8 Å². The van der Waals surface area contributed by atoms with Crippen LogP contribution in [0.3, 0.4) is 0 Å². The summed E-state index contributed by atoms with van der Waals surface area (Å²) in [5.41, 5.74) is 7.23. The highest BCUT2D eigenvalue weighted by Gasteiger charge is 2.29. The van der Waals surface area contributed by atoms with Crippen LogP contribution in [0.15, 0.2) is 18.2 Å². The highest BCUT2D eigenvalue weighted by Crippen LogP contribution is 2.30. The minimum atomic E-state index is -0.186. The first-order valence-corrected chi connectivity index (χ1v) is 5.57. The zero-order valence-corrected chi connectivity index (χ0v) is 10.1. The van der Waals surface area contributed by atoms with E-state index in [9.17, 15) is 4.79 Å². The molecule has 5 nitrogen and oxygen atoms in total. The van der Waals surface area contributed by atoms with Gasteiger partial charge in [-0.05, 0) is 18.6 Å². The molecular weight excluding hydrogens is 218 g/mol. The lowest BCUT2D eigenvalue weighted by Crippen LogP contribution is -2.31. The van der Waals surface area contributed by atoms with Crippen LogP contribution in [0.5, 0.6) is 5.75 Å². The van der Waals surface area contributed by atoms with Crippen molar-refractivity contribution in [3.05, 3.63) is 18.2 Å². The first-order chi connectivity index (χ1) is 8.13. The van der Waals surface area contributed by atoms with E-state index in [1.54, 1.807) is 25.1 Å². The molecule has 0 aromatic heterocycles. The van der Waals surface area contributed by atoms with E-state index < -0.39 is 0 Å². The number of nitrogens with zero attached hydrogens (tertiary/aromatic N) is 1. The van der Waals surface area contributed by atoms with Crippen molar-refractivity contribution in [2.45, 2.75) is 12.5 Å². The molecule has 1 aromatic rings. The summed E-state index contributed by atoms with van der Waals surface area (Å²) < 4.78 is 5.14. The standard InChI is InChI=1S/C12H17N3O2/c1-15-7-6-9(12(15)16)14-8-4-3-5-10(17-2)11(8)13/h3-5,9,14H,6-7,13H2,1-2H3. The van der Waals surface area contributed by atoms with Crippen LogP contribution in [-0.4, -0.2) is 37.6 Å². The summed E-state index contributed by atoms with van der Waals surface area (Å²) in [7, 11) is 3.38. The van der Waals surface area contributed by atoms with Crippen molar-refractivity contribution in [2.75, 3.05) is 31.8 Å². The molecule has 1 aliphatic rings. The van der Waals surface area contributed by atoms with Gasteiger partial charge in [-0.25, -0.2) is 0 Å². The summed E-state index contributed by atoms with van der Waals surface area (Å²) in [5.74, 6) is 0.723. The summed E-state index contributed by atoms with van der Waals surface area (Å²) in [6.07, 6.45) is 0.798. The molecule has 1 fully saturated rings. The van der Waals surface area contributed by atoms with Crippen LogP contribution in [-0.2, 0) is 4.79 Å². The zero-order valence-electron chi connectivity index (χ0n) is 10.1. The lowest BCUT2D eigenvalue weighted by molar-refractivity contribution is -0.127. The Morgan fingerprint density at radius 2 is 2.29 bits per heavy atom. The first kappa shape index (κ1) is 11.6. The molecule has 1 aliphatic heterocycles. The number of carbonyl (C=O) groups is 1. The Bertz CT molecular complexity index is 434. The minimum absolute atomic E-state index is 0.104. The molecule has 0 saturated carbocycles. The number of hydrogen-bond donors (Lipinski definition) is 2. The summed E-state index contributed by atoms with van der Waals surface area (Å²) in [6, 6.07) is 5.31. The normalized spacial score (nSPS) is 19.5. The minimum Gasteiger partial charge on any atom is -0.495 e. The third-order valence-electron chi connectivity index (χ3n) is 3.04. The fourth-order valence-corrected chi connectivity index (χ4v) is 1.99. The Balaban J connectivity index is 2.17. The van der Waals surface area contributed by atoms with Crippen LogP contribution in [0, 0.1) is 0 Å². The molecule has 0 spiro atoms. The van der Waals surface area contributed by atoms with Crippen molar-refractivity contribution in [2.24, 2.45) is 0 Å². The first-order valence-electron chi connectivity index (χ1n) is 5.57. The highest BCUT2D eigenvalue weighted by molar-refractivity contribution is 5.88. The van der Waals surface area contributed by atoms with E-state index in [-0.39, 0.29) is 11.9 Å². The van der Waals surface area contributed by atoms with Gasteiger partial charge in [0.25, 0.3) is 0 Å². The van der Waals surface area contributed by atoms with Gasteiger partial charge in [0.2, 0.25) is 5.91 Å². The summed E-state index contributed by atoms with van der Waals surface area (Å²) in [4.78, 5) is 13.5. The number of hydrogen-bond acceptors (Lipinski definition) is 4. The monoisotopic (exact) mass is 235 g/mol. The molecule has 0 radical (unpaired) electrons. The van der Waals surface area contributed by atoms with Gasteiger partial charge in [-0.3, -0.25) is 4.79 Å². The number of carbonyl (C=O) groups excluding carboxylic acids is 1. The number of nitrogens with two attached hydrogens (primary N) is 1. The van der Waals surface area contributed by atoms with Gasteiger partial charge in [-0.2, -0.15) is 0 Å². The number of rotatable bonds is 3. The number of methoxy groups -OCH3 is 1. The Kier molecular flexibility index (Phi) is 3.08. The van der Waals surface area contributed by atoms with Crippen LogP contribution in [0.4, 0.5) is 11.4 Å².